The summed E-state index contributed by atoms with van der Waals surface area (Å²) in [5, 5.41) is 23.6. The van der Waals surface area contributed by atoms with Crippen molar-refractivity contribution in [3.8, 4) is 0 Å². The second-order valence-electron chi connectivity index (χ2n) is 3.62. The molecule has 0 aliphatic rings. The fourth-order valence-electron chi connectivity index (χ4n) is 1.14. The zero-order valence-electron chi connectivity index (χ0n) is 10.1. The van der Waals surface area contributed by atoms with Gasteiger partial charge >= 0.3 is 0 Å². The van der Waals surface area contributed by atoms with Crippen LogP contribution in [0.1, 0.15) is 5.56 Å². The molecule has 0 atom stereocenters. The lowest BCUT2D eigenvalue weighted by Gasteiger charge is -2.11. The van der Waals surface area contributed by atoms with Gasteiger partial charge in [-0.2, -0.15) is 5.10 Å². The van der Waals surface area contributed by atoms with Crippen LogP contribution in [0.3, 0.4) is 0 Å². The molecule has 1 aromatic carbocycles. The van der Waals surface area contributed by atoms with Crippen molar-refractivity contribution >= 4 is 17.9 Å². The van der Waals surface area contributed by atoms with Gasteiger partial charge in [-0.1, -0.05) is 12.1 Å². The van der Waals surface area contributed by atoms with Crippen LogP contribution in [0.4, 0.5) is 5.69 Å². The number of hydrogen-bond acceptors (Lipinski definition) is 6. The Morgan fingerprint density at radius 2 is 1.89 bits per heavy atom. The highest BCUT2D eigenvalue weighted by Gasteiger charge is 1.95. The highest BCUT2D eigenvalue weighted by molar-refractivity contribution is 5.82. The number of nitrogens with zero attached hydrogens (tertiary/aromatic N) is 4. The standard InChI is InChI=1S/C10H16N6O2/c1-15(2)9-5-3-8(4-6-9)7-12-13-10(11)14-16(17)18/h3-7,17-18H,1-2H3,(H3,11,13,14). The first-order chi connectivity index (χ1) is 8.49. The summed E-state index contributed by atoms with van der Waals surface area (Å²) < 4.78 is 0. The molecule has 0 saturated carbocycles. The lowest BCUT2D eigenvalue weighted by atomic mass is 10.2. The van der Waals surface area contributed by atoms with Crippen LogP contribution in [0, 0.1) is 0 Å². The maximum Gasteiger partial charge on any atom is 0.232 e. The van der Waals surface area contributed by atoms with Crippen LogP contribution in [0.25, 0.3) is 0 Å². The molecule has 1 rings (SSSR count). The molecule has 0 fully saturated rings. The van der Waals surface area contributed by atoms with E-state index in [1.54, 1.807) is 0 Å². The molecule has 0 heterocycles. The molecular weight excluding hydrogens is 236 g/mol. The van der Waals surface area contributed by atoms with Gasteiger partial charge in [0.05, 0.1) is 6.21 Å². The quantitative estimate of drug-likeness (QED) is 0.341. The van der Waals surface area contributed by atoms with Crippen molar-refractivity contribution in [2.45, 2.75) is 0 Å². The van der Waals surface area contributed by atoms with E-state index in [9.17, 15) is 0 Å². The predicted octanol–water partition coefficient (Wildman–Crippen LogP) is -0.0138. The summed E-state index contributed by atoms with van der Waals surface area (Å²) in [6.07, 6.45) is 1.49. The normalized spacial score (nSPS) is 12.2. The molecule has 0 radical (unpaired) electrons. The van der Waals surface area contributed by atoms with E-state index < -0.39 is 0 Å². The van der Waals surface area contributed by atoms with Crippen molar-refractivity contribution in [3.63, 3.8) is 0 Å². The van der Waals surface area contributed by atoms with E-state index in [-0.39, 0.29) is 11.3 Å². The SMILES string of the molecule is CN(C)c1ccc(C=NN=C(N)NN(O)O)cc1. The molecule has 0 saturated heterocycles. The molecule has 0 aliphatic heterocycles. The van der Waals surface area contributed by atoms with Gasteiger partial charge in [0.1, 0.15) is 0 Å². The summed E-state index contributed by atoms with van der Waals surface area (Å²) in [6, 6.07) is 7.64. The number of anilines is 1. The lowest BCUT2D eigenvalue weighted by molar-refractivity contribution is -0.329. The summed E-state index contributed by atoms with van der Waals surface area (Å²) in [5.74, 6) is -0.249. The number of rotatable bonds is 4. The van der Waals surface area contributed by atoms with E-state index in [2.05, 4.69) is 10.2 Å². The maximum absolute atomic E-state index is 8.38. The molecule has 0 unspecified atom stereocenters. The van der Waals surface area contributed by atoms with Gasteiger partial charge in [0.15, 0.2) is 0 Å². The van der Waals surface area contributed by atoms with Crippen LogP contribution >= 0.6 is 0 Å². The number of hydrazine groups is 1. The highest BCUT2D eigenvalue weighted by Crippen LogP contribution is 2.10. The van der Waals surface area contributed by atoms with Crippen LogP contribution in [0.2, 0.25) is 0 Å². The minimum Gasteiger partial charge on any atom is -0.378 e. The van der Waals surface area contributed by atoms with Gasteiger partial charge in [-0.05, 0) is 17.7 Å². The molecule has 0 aliphatic carbocycles. The van der Waals surface area contributed by atoms with Crippen molar-refractivity contribution in [2.24, 2.45) is 15.9 Å². The topological polar surface area (TPSA) is 110 Å². The third-order valence-electron chi connectivity index (χ3n) is 2.00. The number of hydrogen-bond donors (Lipinski definition) is 4. The Labute approximate surface area is 105 Å². The Kier molecular flexibility index (Phi) is 5.06. The lowest BCUT2D eigenvalue weighted by Crippen LogP contribution is -2.41. The van der Waals surface area contributed by atoms with Gasteiger partial charge in [-0.25, -0.2) is 5.43 Å². The number of nitrogens with one attached hydrogen (secondary N) is 1. The highest BCUT2D eigenvalue weighted by atomic mass is 16.8. The van der Waals surface area contributed by atoms with E-state index >= 15 is 0 Å². The summed E-state index contributed by atoms with van der Waals surface area (Å²) in [7, 11) is 3.91. The Morgan fingerprint density at radius 3 is 2.39 bits per heavy atom. The largest absolute Gasteiger partial charge is 0.378 e. The van der Waals surface area contributed by atoms with Gasteiger partial charge in [0.2, 0.25) is 5.96 Å². The zero-order chi connectivity index (χ0) is 13.5. The monoisotopic (exact) mass is 252 g/mol. The summed E-state index contributed by atoms with van der Waals surface area (Å²) in [4.78, 5) is 1.98. The average Bonchev–Trinajstić information content (AvgIpc) is 2.28. The molecule has 0 aromatic heterocycles. The second kappa shape index (κ2) is 6.55. The van der Waals surface area contributed by atoms with Crippen molar-refractivity contribution < 1.29 is 10.4 Å². The molecular formula is C10H16N6O2. The van der Waals surface area contributed by atoms with Gasteiger partial charge < -0.3 is 10.6 Å². The van der Waals surface area contributed by atoms with Crippen LogP contribution < -0.4 is 16.1 Å². The third kappa shape index (κ3) is 4.78. The minimum absolute atomic E-state index is 0.249. The fraction of sp³-hybridized carbons (Fsp3) is 0.200. The maximum atomic E-state index is 8.38. The number of nitrogens with two attached hydrogens (primary N) is 1. The second-order valence-corrected chi connectivity index (χ2v) is 3.62. The van der Waals surface area contributed by atoms with Crippen LogP contribution in [-0.2, 0) is 0 Å². The average molecular weight is 252 g/mol. The van der Waals surface area contributed by atoms with Crippen LogP contribution in [0.5, 0.6) is 0 Å². The Morgan fingerprint density at radius 1 is 1.28 bits per heavy atom. The first-order valence-electron chi connectivity index (χ1n) is 5.07. The van der Waals surface area contributed by atoms with E-state index in [1.165, 1.54) is 6.21 Å². The molecule has 8 heteroatoms. The number of guanidine groups is 1. The third-order valence-corrected chi connectivity index (χ3v) is 2.00. The van der Waals surface area contributed by atoms with E-state index in [0.717, 1.165) is 11.3 Å². The molecule has 8 nitrogen and oxygen atoms in total. The summed E-state index contributed by atoms with van der Waals surface area (Å²) >= 11 is 0. The first-order valence-corrected chi connectivity index (χ1v) is 5.07. The van der Waals surface area contributed by atoms with E-state index in [0.29, 0.717) is 0 Å². The minimum atomic E-state index is -0.305. The Balaban J connectivity index is 2.62. The van der Waals surface area contributed by atoms with Crippen molar-refractivity contribution in [3.05, 3.63) is 29.8 Å². The van der Waals surface area contributed by atoms with Gasteiger partial charge in [-0.15, -0.1) is 5.10 Å². The van der Waals surface area contributed by atoms with Crippen LogP contribution in [-0.4, -0.2) is 42.0 Å². The van der Waals surface area contributed by atoms with E-state index in [1.807, 2.05) is 48.7 Å². The zero-order valence-corrected chi connectivity index (χ0v) is 10.1. The Bertz CT molecular complexity index is 426. The summed E-state index contributed by atoms with van der Waals surface area (Å²) in [5.41, 5.74) is 9.09. The van der Waals surface area contributed by atoms with Crippen molar-refractivity contribution in [2.75, 3.05) is 19.0 Å². The smallest absolute Gasteiger partial charge is 0.232 e. The molecule has 1 aromatic rings. The molecule has 0 amide bonds. The molecule has 18 heavy (non-hydrogen) atoms. The van der Waals surface area contributed by atoms with Gasteiger partial charge in [0.25, 0.3) is 0 Å². The molecule has 0 bridgehead atoms. The van der Waals surface area contributed by atoms with Crippen LogP contribution in [0.15, 0.2) is 34.5 Å². The van der Waals surface area contributed by atoms with E-state index in [4.69, 9.17) is 16.1 Å². The molecule has 98 valence electrons. The number of benzene rings is 1. The molecule has 0 spiro atoms. The summed E-state index contributed by atoms with van der Waals surface area (Å²) in [6.45, 7) is 0. The molecule has 5 N–H and O–H groups in total. The van der Waals surface area contributed by atoms with Gasteiger partial charge in [0, 0.05) is 25.1 Å². The first kappa shape index (κ1) is 13.9. The predicted molar refractivity (Wildman–Crippen MR) is 68.5 cm³/mol. The van der Waals surface area contributed by atoms with Crippen molar-refractivity contribution in [1.82, 2.24) is 10.8 Å². The van der Waals surface area contributed by atoms with Gasteiger partial charge in [-0.3, -0.25) is 10.4 Å². The fourth-order valence-corrected chi connectivity index (χ4v) is 1.14. The van der Waals surface area contributed by atoms with Crippen molar-refractivity contribution in [1.29, 1.82) is 0 Å². The Hall–Kier alpha value is -2.16.